The van der Waals surface area contributed by atoms with E-state index in [-0.39, 0.29) is 19.0 Å². The number of aliphatic hydroxyl groups is 1. The molecule has 0 saturated heterocycles. The van der Waals surface area contributed by atoms with Crippen molar-refractivity contribution in [1.82, 2.24) is 5.32 Å². The maximum Gasteiger partial charge on any atom is 0.419 e. The van der Waals surface area contributed by atoms with E-state index >= 15 is 0 Å². The summed E-state index contributed by atoms with van der Waals surface area (Å²) in [5.74, 6) is -0.152. The number of benzene rings is 1. The molecule has 1 aromatic carbocycles. The molecule has 2 N–H and O–H groups in total. The molecule has 3 nitrogen and oxygen atoms in total. The lowest BCUT2D eigenvalue weighted by atomic mass is 9.92. The zero-order chi connectivity index (χ0) is 15.9. The van der Waals surface area contributed by atoms with Crippen LogP contribution in [0.3, 0.4) is 0 Å². The van der Waals surface area contributed by atoms with Gasteiger partial charge in [0.1, 0.15) is 5.75 Å². The Bertz CT molecular complexity index is 423. The molecule has 1 aromatic rings. The van der Waals surface area contributed by atoms with Gasteiger partial charge in [-0.1, -0.05) is 19.1 Å². The smallest absolute Gasteiger partial charge is 0.419 e. The molecule has 21 heavy (non-hydrogen) atoms. The van der Waals surface area contributed by atoms with E-state index in [4.69, 9.17) is 4.74 Å². The van der Waals surface area contributed by atoms with Crippen LogP contribution < -0.4 is 10.1 Å². The summed E-state index contributed by atoms with van der Waals surface area (Å²) in [6.45, 7) is 2.11. The lowest BCUT2D eigenvalue weighted by molar-refractivity contribution is -0.139. The predicted molar refractivity (Wildman–Crippen MR) is 75.3 cm³/mol. The molecule has 0 aliphatic carbocycles. The number of ether oxygens (including phenoxy) is 1. The summed E-state index contributed by atoms with van der Waals surface area (Å²) in [7, 11) is 1.76. The molecule has 1 atom stereocenters. The highest BCUT2D eigenvalue weighted by molar-refractivity contribution is 5.35. The van der Waals surface area contributed by atoms with Crippen molar-refractivity contribution in [1.29, 1.82) is 0 Å². The molecular weight excluding hydrogens is 283 g/mol. The molecule has 120 valence electrons. The Morgan fingerprint density at radius 2 is 1.90 bits per heavy atom. The van der Waals surface area contributed by atoms with Crippen molar-refractivity contribution in [2.45, 2.75) is 37.9 Å². The van der Waals surface area contributed by atoms with Crippen molar-refractivity contribution in [3.05, 3.63) is 29.8 Å². The quantitative estimate of drug-likeness (QED) is 0.725. The molecule has 0 aliphatic heterocycles. The van der Waals surface area contributed by atoms with Crippen LogP contribution in [0.5, 0.6) is 5.75 Å². The summed E-state index contributed by atoms with van der Waals surface area (Å²) < 4.78 is 43.6. The molecular formula is C15H22F3NO2. The van der Waals surface area contributed by atoms with Gasteiger partial charge in [0.15, 0.2) is 0 Å². The monoisotopic (exact) mass is 305 g/mol. The molecule has 0 aromatic heterocycles. The van der Waals surface area contributed by atoms with Crippen molar-refractivity contribution in [3.8, 4) is 5.75 Å². The highest BCUT2D eigenvalue weighted by atomic mass is 19.4. The molecule has 0 aliphatic rings. The fraction of sp³-hybridized carbons (Fsp3) is 0.600. The van der Waals surface area contributed by atoms with Crippen molar-refractivity contribution in [2.24, 2.45) is 0 Å². The number of halogens is 3. The first kappa shape index (κ1) is 17.8. The number of nitrogens with one attached hydrogen (secondary N) is 1. The van der Waals surface area contributed by atoms with E-state index in [2.05, 4.69) is 5.32 Å². The average Bonchev–Trinajstić information content (AvgIpc) is 2.48. The van der Waals surface area contributed by atoms with Gasteiger partial charge in [-0.05, 0) is 38.4 Å². The van der Waals surface area contributed by atoms with E-state index in [1.165, 1.54) is 18.2 Å². The van der Waals surface area contributed by atoms with Crippen LogP contribution in [0.25, 0.3) is 0 Å². The predicted octanol–water partition coefficient (Wildman–Crippen LogP) is 3.22. The lowest BCUT2D eigenvalue weighted by Crippen LogP contribution is -2.46. The lowest BCUT2D eigenvalue weighted by Gasteiger charge is -2.30. The maximum atomic E-state index is 12.8. The first-order chi connectivity index (χ1) is 9.88. The van der Waals surface area contributed by atoms with Gasteiger partial charge in [-0.2, -0.15) is 13.2 Å². The van der Waals surface area contributed by atoms with Crippen LogP contribution in [-0.4, -0.2) is 30.9 Å². The molecule has 0 saturated carbocycles. The third kappa shape index (κ3) is 4.89. The molecule has 0 radical (unpaired) electrons. The molecule has 1 unspecified atom stereocenters. The topological polar surface area (TPSA) is 41.5 Å². The van der Waals surface area contributed by atoms with Crippen LogP contribution in [-0.2, 0) is 6.18 Å². The zero-order valence-electron chi connectivity index (χ0n) is 12.3. The Balaban J connectivity index is 2.58. The number of rotatable bonds is 8. The van der Waals surface area contributed by atoms with E-state index < -0.39 is 17.3 Å². The van der Waals surface area contributed by atoms with Gasteiger partial charge in [0, 0.05) is 5.54 Å². The molecule has 0 amide bonds. The minimum absolute atomic E-state index is 0.0147. The molecule has 0 fully saturated rings. The average molecular weight is 305 g/mol. The number of hydrogen-bond donors (Lipinski definition) is 2. The SMILES string of the molecule is CCC(CO)(CCCOc1ccccc1C(F)(F)F)NC. The summed E-state index contributed by atoms with van der Waals surface area (Å²) in [6.07, 6.45) is -2.49. The first-order valence-corrected chi connectivity index (χ1v) is 6.97. The molecule has 6 heteroatoms. The third-order valence-electron chi connectivity index (χ3n) is 3.76. The Morgan fingerprint density at radius 3 is 2.43 bits per heavy atom. The Hall–Kier alpha value is -1.27. The highest BCUT2D eigenvalue weighted by Gasteiger charge is 2.34. The van der Waals surface area contributed by atoms with Gasteiger partial charge in [0.2, 0.25) is 0 Å². The van der Waals surface area contributed by atoms with E-state index in [1.807, 2.05) is 6.92 Å². The minimum Gasteiger partial charge on any atom is -0.493 e. The number of likely N-dealkylation sites (N-methyl/N-ethyl adjacent to an activating group) is 1. The Kier molecular flexibility index (Phi) is 6.48. The highest BCUT2D eigenvalue weighted by Crippen LogP contribution is 2.35. The van der Waals surface area contributed by atoms with Crippen molar-refractivity contribution in [2.75, 3.05) is 20.3 Å². The summed E-state index contributed by atoms with van der Waals surface area (Å²) in [5.41, 5.74) is -1.16. The van der Waals surface area contributed by atoms with Gasteiger partial charge in [-0.3, -0.25) is 0 Å². The summed E-state index contributed by atoms with van der Waals surface area (Å²) in [6, 6.07) is 5.18. The number of alkyl halides is 3. The maximum absolute atomic E-state index is 12.8. The largest absolute Gasteiger partial charge is 0.493 e. The van der Waals surface area contributed by atoms with Crippen molar-refractivity contribution in [3.63, 3.8) is 0 Å². The van der Waals surface area contributed by atoms with Crippen LogP contribution >= 0.6 is 0 Å². The van der Waals surface area contributed by atoms with Gasteiger partial charge in [-0.15, -0.1) is 0 Å². The van der Waals surface area contributed by atoms with Gasteiger partial charge in [0.25, 0.3) is 0 Å². The number of hydrogen-bond acceptors (Lipinski definition) is 3. The van der Waals surface area contributed by atoms with Gasteiger partial charge >= 0.3 is 6.18 Å². The van der Waals surface area contributed by atoms with Gasteiger partial charge < -0.3 is 15.2 Å². The Labute approximate surface area is 123 Å². The van der Waals surface area contributed by atoms with Crippen LogP contribution in [0.4, 0.5) is 13.2 Å². The zero-order valence-corrected chi connectivity index (χ0v) is 12.3. The van der Waals surface area contributed by atoms with Crippen LogP contribution in [0.2, 0.25) is 0 Å². The van der Waals surface area contributed by atoms with E-state index in [1.54, 1.807) is 7.05 Å². The summed E-state index contributed by atoms with van der Waals surface area (Å²) in [4.78, 5) is 0. The van der Waals surface area contributed by atoms with E-state index in [9.17, 15) is 18.3 Å². The van der Waals surface area contributed by atoms with E-state index in [0.717, 1.165) is 12.5 Å². The molecule has 0 spiro atoms. The normalized spacial score (nSPS) is 14.8. The van der Waals surface area contributed by atoms with Crippen LogP contribution in [0, 0.1) is 0 Å². The summed E-state index contributed by atoms with van der Waals surface area (Å²) >= 11 is 0. The van der Waals surface area contributed by atoms with Gasteiger partial charge in [0.05, 0.1) is 18.8 Å². The second kappa shape index (κ2) is 7.66. The molecule has 0 bridgehead atoms. The number of para-hydroxylation sites is 1. The second-order valence-electron chi connectivity index (χ2n) is 4.99. The van der Waals surface area contributed by atoms with Gasteiger partial charge in [-0.25, -0.2) is 0 Å². The minimum atomic E-state index is -4.42. The van der Waals surface area contributed by atoms with Crippen molar-refractivity contribution < 1.29 is 23.0 Å². The van der Waals surface area contributed by atoms with Crippen molar-refractivity contribution >= 4 is 0 Å². The second-order valence-corrected chi connectivity index (χ2v) is 4.99. The number of aliphatic hydroxyl groups excluding tert-OH is 1. The summed E-state index contributed by atoms with van der Waals surface area (Å²) in [5, 5.41) is 12.5. The third-order valence-corrected chi connectivity index (χ3v) is 3.76. The van der Waals surface area contributed by atoms with Crippen LogP contribution in [0.15, 0.2) is 24.3 Å². The fourth-order valence-corrected chi connectivity index (χ4v) is 2.17. The van der Waals surface area contributed by atoms with Crippen LogP contribution in [0.1, 0.15) is 31.7 Å². The first-order valence-electron chi connectivity index (χ1n) is 6.97. The molecule has 0 heterocycles. The standard InChI is InChI=1S/C15H22F3NO2/c1-3-14(11-20,19-2)9-6-10-21-13-8-5-4-7-12(13)15(16,17)18/h4-5,7-8,19-20H,3,6,9-11H2,1-2H3. The Morgan fingerprint density at radius 1 is 1.24 bits per heavy atom. The molecule has 1 rings (SSSR count). The van der Waals surface area contributed by atoms with E-state index in [0.29, 0.717) is 12.8 Å². The fourth-order valence-electron chi connectivity index (χ4n) is 2.17.